The molecule has 0 bridgehead atoms. The molecule has 2 rings (SSSR count). The van der Waals surface area contributed by atoms with E-state index in [1.54, 1.807) is 45.4 Å². The van der Waals surface area contributed by atoms with Crippen molar-refractivity contribution in [2.45, 2.75) is 6.92 Å². The van der Waals surface area contributed by atoms with Crippen LogP contribution in [0.2, 0.25) is 0 Å². The molecule has 0 saturated heterocycles. The van der Waals surface area contributed by atoms with Gasteiger partial charge in [0, 0.05) is 11.6 Å². The fourth-order valence-corrected chi connectivity index (χ4v) is 2.28. The van der Waals surface area contributed by atoms with Crippen LogP contribution < -0.4 is 14.9 Å². The van der Waals surface area contributed by atoms with Crippen molar-refractivity contribution in [3.05, 3.63) is 45.8 Å². The molecule has 6 nitrogen and oxygen atoms in total. The minimum Gasteiger partial charge on any atom is -0.496 e. The predicted molar refractivity (Wildman–Crippen MR) is 85.8 cm³/mol. The Hall–Kier alpha value is -2.28. The number of ether oxygens (including phenoxy) is 2. The molecule has 1 heterocycles. The quantitative estimate of drug-likeness (QED) is 0.651. The topological polar surface area (TPSA) is 73.1 Å². The lowest BCUT2D eigenvalue weighted by Crippen LogP contribution is -2.16. The smallest absolute Gasteiger partial charge is 0.307 e. The number of methoxy groups -OCH3 is 2. The number of hydrogen-bond acceptors (Lipinski definition) is 5. The normalized spacial score (nSPS) is 10.7. The van der Waals surface area contributed by atoms with Gasteiger partial charge in [-0.25, -0.2) is 5.43 Å². The van der Waals surface area contributed by atoms with Gasteiger partial charge in [-0.15, -0.1) is 0 Å². The van der Waals surface area contributed by atoms with Gasteiger partial charge in [-0.05, 0) is 41.1 Å². The molecule has 1 aromatic carbocycles. The molecule has 0 spiro atoms. The first-order chi connectivity index (χ1) is 10.5. The Bertz CT molecular complexity index is 710. The first-order valence-corrected chi connectivity index (χ1v) is 7.15. The molecule has 22 heavy (non-hydrogen) atoms. The van der Waals surface area contributed by atoms with Crippen molar-refractivity contribution in [2.75, 3.05) is 14.2 Å². The Morgan fingerprint density at radius 3 is 2.59 bits per heavy atom. The molecule has 2 aromatic rings. The molecule has 0 unspecified atom stereocenters. The first kappa shape index (κ1) is 16.1. The third-order valence-corrected chi connectivity index (χ3v) is 3.46. The number of nitrogens with one attached hydrogen (secondary N) is 1. The Labute approximate surface area is 136 Å². The summed E-state index contributed by atoms with van der Waals surface area (Å²) in [4.78, 5) is 11.8. The van der Waals surface area contributed by atoms with E-state index in [0.717, 1.165) is 4.47 Å². The maximum absolute atomic E-state index is 11.8. The number of rotatable bonds is 5. The van der Waals surface area contributed by atoms with Crippen LogP contribution in [0.1, 0.15) is 21.9 Å². The van der Waals surface area contributed by atoms with Crippen LogP contribution in [-0.4, -0.2) is 26.3 Å². The number of halogens is 1. The third kappa shape index (κ3) is 3.67. The lowest BCUT2D eigenvalue weighted by Gasteiger charge is -2.09. The maximum atomic E-state index is 11.8. The SMILES string of the molecule is COc1cc(OC)c(/C=N/NC(=O)c2ccc(C)o2)cc1Br. The monoisotopic (exact) mass is 366 g/mol. The lowest BCUT2D eigenvalue weighted by atomic mass is 10.2. The molecule has 1 amide bonds. The van der Waals surface area contributed by atoms with Crippen molar-refractivity contribution in [3.63, 3.8) is 0 Å². The van der Waals surface area contributed by atoms with Gasteiger partial charge in [0.05, 0.1) is 24.9 Å². The van der Waals surface area contributed by atoms with Gasteiger partial charge in [0.15, 0.2) is 5.76 Å². The van der Waals surface area contributed by atoms with Crippen LogP contribution in [0.4, 0.5) is 0 Å². The van der Waals surface area contributed by atoms with Gasteiger partial charge < -0.3 is 13.9 Å². The van der Waals surface area contributed by atoms with Gasteiger partial charge in [0.2, 0.25) is 0 Å². The second-order valence-corrected chi connectivity index (χ2v) is 5.19. The van der Waals surface area contributed by atoms with E-state index in [2.05, 4.69) is 26.5 Å². The van der Waals surface area contributed by atoms with Gasteiger partial charge in [0.1, 0.15) is 17.3 Å². The number of aryl methyl sites for hydroxylation is 1. The van der Waals surface area contributed by atoms with E-state index in [1.165, 1.54) is 6.21 Å². The van der Waals surface area contributed by atoms with Crippen molar-refractivity contribution < 1.29 is 18.7 Å². The average Bonchev–Trinajstić information content (AvgIpc) is 2.94. The van der Waals surface area contributed by atoms with Crippen LogP contribution in [0.15, 0.2) is 38.3 Å². The standard InChI is InChI=1S/C15H15BrN2O4/c1-9-4-5-12(22-9)15(19)18-17-8-10-6-11(16)14(21-3)7-13(10)20-2/h4-8H,1-3H3,(H,18,19)/b17-8+. The van der Waals surface area contributed by atoms with E-state index in [-0.39, 0.29) is 5.76 Å². The van der Waals surface area contributed by atoms with Crippen molar-refractivity contribution in [2.24, 2.45) is 5.10 Å². The number of carbonyl (C=O) groups excluding carboxylic acids is 1. The highest BCUT2D eigenvalue weighted by atomic mass is 79.9. The van der Waals surface area contributed by atoms with Crippen LogP contribution in [0.25, 0.3) is 0 Å². The molecule has 116 valence electrons. The van der Waals surface area contributed by atoms with E-state index in [0.29, 0.717) is 22.8 Å². The summed E-state index contributed by atoms with van der Waals surface area (Å²) in [5.74, 6) is 1.67. The Morgan fingerprint density at radius 2 is 2.00 bits per heavy atom. The van der Waals surface area contributed by atoms with Crippen molar-refractivity contribution in [3.8, 4) is 11.5 Å². The van der Waals surface area contributed by atoms with Crippen LogP contribution in [0, 0.1) is 6.92 Å². The van der Waals surface area contributed by atoms with E-state index in [9.17, 15) is 4.79 Å². The number of nitrogens with zero attached hydrogens (tertiary/aromatic N) is 1. The molecular weight excluding hydrogens is 352 g/mol. The molecule has 0 saturated carbocycles. The second kappa shape index (κ2) is 7.13. The molecule has 7 heteroatoms. The van der Waals surface area contributed by atoms with Crippen LogP contribution in [0.3, 0.4) is 0 Å². The van der Waals surface area contributed by atoms with Crippen LogP contribution in [0.5, 0.6) is 11.5 Å². The molecule has 1 N–H and O–H groups in total. The summed E-state index contributed by atoms with van der Waals surface area (Å²) in [5.41, 5.74) is 3.08. The van der Waals surface area contributed by atoms with E-state index in [1.807, 2.05) is 0 Å². The Kier molecular flexibility index (Phi) is 5.21. The fourth-order valence-electron chi connectivity index (χ4n) is 1.76. The van der Waals surface area contributed by atoms with Crippen molar-refractivity contribution in [1.82, 2.24) is 5.43 Å². The van der Waals surface area contributed by atoms with Crippen molar-refractivity contribution >= 4 is 28.1 Å². The molecule has 0 aliphatic carbocycles. The number of furan rings is 1. The van der Waals surface area contributed by atoms with Gasteiger partial charge >= 0.3 is 5.91 Å². The van der Waals surface area contributed by atoms with Gasteiger partial charge in [-0.1, -0.05) is 0 Å². The zero-order valence-corrected chi connectivity index (χ0v) is 13.9. The molecule has 0 atom stereocenters. The number of benzene rings is 1. The molecule has 0 aliphatic rings. The van der Waals surface area contributed by atoms with E-state index < -0.39 is 5.91 Å². The summed E-state index contributed by atoms with van der Waals surface area (Å²) in [5, 5.41) is 3.91. The number of carbonyl (C=O) groups is 1. The first-order valence-electron chi connectivity index (χ1n) is 6.36. The minimum atomic E-state index is -0.420. The van der Waals surface area contributed by atoms with Gasteiger partial charge in [-0.2, -0.15) is 5.10 Å². The summed E-state index contributed by atoms with van der Waals surface area (Å²) in [6.07, 6.45) is 1.48. The molecule has 1 aromatic heterocycles. The highest BCUT2D eigenvalue weighted by Gasteiger charge is 2.10. The zero-order valence-electron chi connectivity index (χ0n) is 12.3. The van der Waals surface area contributed by atoms with Gasteiger partial charge in [0.25, 0.3) is 0 Å². The summed E-state index contributed by atoms with van der Waals surface area (Å²) < 4.78 is 16.4. The zero-order chi connectivity index (χ0) is 16.1. The lowest BCUT2D eigenvalue weighted by molar-refractivity contribution is 0.0926. The summed E-state index contributed by atoms with van der Waals surface area (Å²) in [6.45, 7) is 1.76. The van der Waals surface area contributed by atoms with E-state index >= 15 is 0 Å². The Balaban J connectivity index is 2.13. The highest BCUT2D eigenvalue weighted by Crippen LogP contribution is 2.31. The minimum absolute atomic E-state index is 0.206. The van der Waals surface area contributed by atoms with E-state index in [4.69, 9.17) is 13.9 Å². The molecule has 0 fully saturated rings. The summed E-state index contributed by atoms with van der Waals surface area (Å²) in [7, 11) is 3.11. The summed E-state index contributed by atoms with van der Waals surface area (Å²) >= 11 is 3.39. The van der Waals surface area contributed by atoms with Crippen LogP contribution in [-0.2, 0) is 0 Å². The molecule has 0 aliphatic heterocycles. The largest absolute Gasteiger partial charge is 0.496 e. The second-order valence-electron chi connectivity index (χ2n) is 4.34. The van der Waals surface area contributed by atoms with Crippen LogP contribution >= 0.6 is 15.9 Å². The maximum Gasteiger partial charge on any atom is 0.307 e. The number of hydrazone groups is 1. The number of hydrogen-bond donors (Lipinski definition) is 1. The molecule has 0 radical (unpaired) electrons. The highest BCUT2D eigenvalue weighted by molar-refractivity contribution is 9.10. The van der Waals surface area contributed by atoms with Gasteiger partial charge in [-0.3, -0.25) is 4.79 Å². The molecular formula is C15H15BrN2O4. The number of amides is 1. The predicted octanol–water partition coefficient (Wildman–Crippen LogP) is 3.13. The van der Waals surface area contributed by atoms with Crippen molar-refractivity contribution in [1.29, 1.82) is 0 Å². The Morgan fingerprint density at radius 1 is 1.27 bits per heavy atom. The summed E-state index contributed by atoms with van der Waals surface area (Å²) in [6, 6.07) is 6.81. The third-order valence-electron chi connectivity index (χ3n) is 2.84. The fraction of sp³-hybridized carbons (Fsp3) is 0.200. The average molecular weight is 367 g/mol.